The van der Waals surface area contributed by atoms with Gasteiger partial charge < -0.3 is 25.8 Å². The highest BCUT2D eigenvalue weighted by atomic mass is 35.5. The van der Waals surface area contributed by atoms with Crippen molar-refractivity contribution in [2.24, 2.45) is 11.7 Å². The monoisotopic (exact) mass is 571 g/mol. The van der Waals surface area contributed by atoms with Crippen LogP contribution < -0.4 is 20.7 Å². The number of ether oxygens (including phenoxy) is 1. The molecule has 1 aliphatic heterocycles. The molecule has 14 heteroatoms. The number of halogens is 6. The number of carbonyl (C=O) groups is 1. The number of aromatic nitrogens is 2. The summed E-state index contributed by atoms with van der Waals surface area (Å²) in [5.74, 6) is -0.254. The molecule has 0 saturated carbocycles. The summed E-state index contributed by atoms with van der Waals surface area (Å²) in [5.41, 5.74) is 5.35. The molecule has 1 fully saturated rings. The zero-order valence-electron chi connectivity index (χ0n) is 19.6. The Hall–Kier alpha value is -1.92. The Morgan fingerprint density at radius 1 is 1.28 bits per heavy atom. The number of hydrogen-bond donors (Lipinski definition) is 3. The summed E-state index contributed by atoms with van der Waals surface area (Å²) in [5, 5.41) is 16.1. The maximum atomic E-state index is 13.3. The van der Waals surface area contributed by atoms with Gasteiger partial charge >= 0.3 is 6.18 Å². The zero-order valence-corrected chi connectivity index (χ0v) is 21.8. The Kier molecular flexibility index (Phi) is 9.26. The Morgan fingerprint density at radius 2 is 1.92 bits per heavy atom. The molecule has 1 aromatic carbocycles. The number of rotatable bonds is 8. The quantitative estimate of drug-likeness (QED) is 0.443. The molecule has 3 rings (SSSR count). The topological polar surface area (TPSA) is 106 Å². The standard InChI is InChI=1S/C22H27Cl3F3N5O3/c1-11-19(25)20(22(26,27)28)31-33(11)9-16(30-21(35)15(29)10-34)12-3-5-32(6-4-12)17-8-18(36-2)14(24)7-13(17)23/h7-8,12,15-16,34H,3-6,9-10,29H2,1-2H3,(H,30,35)/t15-,16?/m0/s1. The summed E-state index contributed by atoms with van der Waals surface area (Å²) in [6.07, 6.45) is -3.54. The van der Waals surface area contributed by atoms with Crippen molar-refractivity contribution in [3.05, 3.63) is 38.6 Å². The Bertz CT molecular complexity index is 1090. The van der Waals surface area contributed by atoms with E-state index in [0.717, 1.165) is 10.4 Å². The third-order valence-electron chi connectivity index (χ3n) is 6.30. The summed E-state index contributed by atoms with van der Waals surface area (Å²) >= 11 is 18.4. The highest BCUT2D eigenvalue weighted by Crippen LogP contribution is 2.39. The molecule has 200 valence electrons. The van der Waals surface area contributed by atoms with Gasteiger partial charge in [-0.1, -0.05) is 34.8 Å². The molecule has 1 aliphatic rings. The van der Waals surface area contributed by atoms with Crippen LogP contribution in [0.1, 0.15) is 24.2 Å². The van der Waals surface area contributed by atoms with Crippen molar-refractivity contribution in [1.82, 2.24) is 15.1 Å². The van der Waals surface area contributed by atoms with E-state index in [-0.39, 0.29) is 18.2 Å². The van der Waals surface area contributed by atoms with Crippen molar-refractivity contribution < 1.29 is 27.8 Å². The Balaban J connectivity index is 1.82. The molecule has 0 spiro atoms. The number of alkyl halides is 3. The molecular weight excluding hydrogens is 546 g/mol. The minimum atomic E-state index is -4.71. The smallest absolute Gasteiger partial charge is 0.436 e. The van der Waals surface area contributed by atoms with E-state index < -0.39 is 41.5 Å². The van der Waals surface area contributed by atoms with Gasteiger partial charge in [-0.25, -0.2) is 0 Å². The predicted molar refractivity (Wildman–Crippen MR) is 132 cm³/mol. The Labute approximate surface area is 221 Å². The lowest BCUT2D eigenvalue weighted by Crippen LogP contribution is -2.52. The van der Waals surface area contributed by atoms with Crippen LogP contribution in [-0.2, 0) is 17.5 Å². The lowest BCUT2D eigenvalue weighted by atomic mass is 9.88. The number of nitrogens with two attached hydrogens (primary N) is 1. The SMILES string of the molecule is COc1cc(N2CCC(C(Cn3nc(C(F)(F)F)c(Cl)c3C)NC(=O)[C@@H](N)CO)CC2)c(Cl)cc1Cl. The molecular formula is C22H27Cl3F3N5O3. The molecule has 2 heterocycles. The number of piperidine rings is 1. The normalized spacial score (nSPS) is 16.7. The fraction of sp³-hybridized carbons (Fsp3) is 0.545. The van der Waals surface area contributed by atoms with Gasteiger partial charge in [0.15, 0.2) is 5.69 Å². The minimum absolute atomic E-state index is 0.0499. The number of aliphatic hydroxyl groups excluding tert-OH is 1. The van der Waals surface area contributed by atoms with E-state index in [2.05, 4.69) is 10.4 Å². The fourth-order valence-corrected chi connectivity index (χ4v) is 5.04. The first-order valence-corrected chi connectivity index (χ1v) is 12.3. The molecule has 8 nitrogen and oxygen atoms in total. The number of carbonyl (C=O) groups excluding carboxylic acids is 1. The van der Waals surface area contributed by atoms with Gasteiger partial charge in [0.25, 0.3) is 0 Å². The molecule has 2 atom stereocenters. The van der Waals surface area contributed by atoms with Crippen molar-refractivity contribution in [3.63, 3.8) is 0 Å². The maximum absolute atomic E-state index is 13.3. The molecule has 1 unspecified atom stereocenters. The molecule has 4 N–H and O–H groups in total. The lowest BCUT2D eigenvalue weighted by Gasteiger charge is -2.38. The summed E-state index contributed by atoms with van der Waals surface area (Å²) in [4.78, 5) is 14.5. The van der Waals surface area contributed by atoms with Gasteiger partial charge in [0.05, 0.1) is 52.8 Å². The van der Waals surface area contributed by atoms with Gasteiger partial charge in [-0.15, -0.1) is 0 Å². The van der Waals surface area contributed by atoms with Gasteiger partial charge in [-0.3, -0.25) is 9.48 Å². The number of nitrogens with zero attached hydrogens (tertiary/aromatic N) is 3. The minimum Gasteiger partial charge on any atom is -0.495 e. The molecule has 1 saturated heterocycles. The highest BCUT2D eigenvalue weighted by molar-refractivity contribution is 6.37. The van der Waals surface area contributed by atoms with E-state index >= 15 is 0 Å². The van der Waals surface area contributed by atoms with E-state index in [1.807, 2.05) is 4.90 Å². The average molecular weight is 573 g/mol. The predicted octanol–water partition coefficient (Wildman–Crippen LogP) is 3.90. The van der Waals surface area contributed by atoms with Gasteiger partial charge in [0.2, 0.25) is 5.91 Å². The van der Waals surface area contributed by atoms with Crippen molar-refractivity contribution in [3.8, 4) is 5.75 Å². The second-order valence-electron chi connectivity index (χ2n) is 8.59. The number of nitrogens with one attached hydrogen (secondary N) is 1. The molecule has 1 amide bonds. The number of hydrogen-bond acceptors (Lipinski definition) is 6. The second-order valence-corrected chi connectivity index (χ2v) is 9.79. The second kappa shape index (κ2) is 11.6. The van der Waals surface area contributed by atoms with Crippen LogP contribution in [0.4, 0.5) is 18.9 Å². The van der Waals surface area contributed by atoms with Gasteiger partial charge in [0.1, 0.15) is 11.8 Å². The van der Waals surface area contributed by atoms with E-state index in [1.54, 1.807) is 12.1 Å². The number of anilines is 1. The summed E-state index contributed by atoms with van der Waals surface area (Å²) in [6.45, 7) is 1.92. The van der Waals surface area contributed by atoms with Crippen LogP contribution in [0, 0.1) is 12.8 Å². The maximum Gasteiger partial charge on any atom is 0.436 e. The lowest BCUT2D eigenvalue weighted by molar-refractivity contribution is -0.141. The molecule has 1 aromatic heterocycles. The zero-order chi connectivity index (χ0) is 26.8. The van der Waals surface area contributed by atoms with Crippen LogP contribution >= 0.6 is 34.8 Å². The van der Waals surface area contributed by atoms with Crippen LogP contribution in [0.5, 0.6) is 5.75 Å². The summed E-state index contributed by atoms with van der Waals surface area (Å²) in [7, 11) is 1.50. The summed E-state index contributed by atoms with van der Waals surface area (Å²) < 4.78 is 46.3. The first kappa shape index (κ1) is 28.6. The molecule has 0 radical (unpaired) electrons. The van der Waals surface area contributed by atoms with Crippen LogP contribution in [0.2, 0.25) is 15.1 Å². The Morgan fingerprint density at radius 3 is 2.44 bits per heavy atom. The van der Waals surface area contributed by atoms with Gasteiger partial charge in [0, 0.05) is 19.2 Å². The van der Waals surface area contributed by atoms with Crippen molar-refractivity contribution >= 4 is 46.4 Å². The highest BCUT2D eigenvalue weighted by Gasteiger charge is 2.39. The van der Waals surface area contributed by atoms with E-state index in [0.29, 0.717) is 41.7 Å². The van der Waals surface area contributed by atoms with Crippen LogP contribution in [-0.4, -0.2) is 59.7 Å². The molecule has 0 aliphatic carbocycles. The van der Waals surface area contributed by atoms with E-state index in [9.17, 15) is 23.1 Å². The first-order valence-electron chi connectivity index (χ1n) is 11.1. The fourth-order valence-electron chi connectivity index (χ4n) is 4.21. The number of amides is 1. The van der Waals surface area contributed by atoms with Gasteiger partial charge in [-0.2, -0.15) is 18.3 Å². The van der Waals surface area contributed by atoms with Crippen LogP contribution in [0.15, 0.2) is 12.1 Å². The molecule has 0 bridgehead atoms. The first-order chi connectivity index (χ1) is 16.9. The summed E-state index contributed by atoms with van der Waals surface area (Å²) in [6, 6.07) is 1.58. The van der Waals surface area contributed by atoms with Gasteiger partial charge in [-0.05, 0) is 31.7 Å². The third kappa shape index (κ3) is 6.31. The number of aliphatic hydroxyl groups is 1. The molecule has 2 aromatic rings. The third-order valence-corrected chi connectivity index (χ3v) is 7.35. The van der Waals surface area contributed by atoms with Crippen molar-refractivity contribution in [2.75, 3.05) is 31.7 Å². The van der Waals surface area contributed by atoms with Crippen LogP contribution in [0.25, 0.3) is 0 Å². The van der Waals surface area contributed by atoms with Crippen molar-refractivity contribution in [2.45, 2.75) is 44.6 Å². The average Bonchev–Trinajstić information content (AvgIpc) is 3.12. The number of methoxy groups -OCH3 is 1. The van der Waals surface area contributed by atoms with E-state index in [4.69, 9.17) is 45.3 Å². The van der Waals surface area contributed by atoms with Crippen LogP contribution in [0.3, 0.4) is 0 Å². The largest absolute Gasteiger partial charge is 0.495 e. The molecule has 36 heavy (non-hydrogen) atoms. The van der Waals surface area contributed by atoms with Crippen molar-refractivity contribution in [1.29, 1.82) is 0 Å². The van der Waals surface area contributed by atoms with E-state index in [1.165, 1.54) is 14.0 Å². The number of benzene rings is 1.